The van der Waals surface area contributed by atoms with Gasteiger partial charge in [0, 0.05) is 10.9 Å². The van der Waals surface area contributed by atoms with E-state index in [2.05, 4.69) is 4.98 Å². The fourth-order valence-electron chi connectivity index (χ4n) is 2.36. The lowest BCUT2D eigenvalue weighted by molar-refractivity contribution is -0.119. The van der Waals surface area contributed by atoms with E-state index in [-0.39, 0.29) is 11.2 Å². The van der Waals surface area contributed by atoms with Crippen LogP contribution in [0.5, 0.6) is 0 Å². The van der Waals surface area contributed by atoms with Crippen LogP contribution in [-0.4, -0.2) is 10.8 Å². The third-order valence-electron chi connectivity index (χ3n) is 3.62. The van der Waals surface area contributed by atoms with Gasteiger partial charge in [-0.3, -0.25) is 4.79 Å². The number of benzene rings is 1. The maximum absolute atomic E-state index is 11.7. The maximum Gasteiger partial charge on any atom is 0.140 e. The van der Waals surface area contributed by atoms with E-state index < -0.39 is 0 Å². The number of rotatable bonds is 2. The summed E-state index contributed by atoms with van der Waals surface area (Å²) in [5, 5.41) is 1.51. The molecule has 17 heavy (non-hydrogen) atoms. The molecule has 86 valence electrons. The van der Waals surface area contributed by atoms with Crippen LogP contribution in [0.3, 0.4) is 0 Å². The molecule has 0 atom stereocenters. The molecule has 0 unspecified atom stereocenters. The summed E-state index contributed by atoms with van der Waals surface area (Å²) in [6, 6.07) is 9.84. The summed E-state index contributed by atoms with van der Waals surface area (Å²) in [5.41, 5.74) is 1.42. The first-order valence-electron chi connectivity index (χ1n) is 5.70. The number of carbonyl (C=O) groups is 1. The molecular formula is C14H12ClNO. The van der Waals surface area contributed by atoms with Gasteiger partial charge < -0.3 is 0 Å². The second kappa shape index (κ2) is 3.54. The zero-order valence-corrected chi connectivity index (χ0v) is 10.3. The third-order valence-corrected chi connectivity index (χ3v) is 3.91. The Hall–Kier alpha value is -1.41. The van der Waals surface area contributed by atoms with Gasteiger partial charge in [0.25, 0.3) is 0 Å². The van der Waals surface area contributed by atoms with Gasteiger partial charge in [-0.2, -0.15) is 0 Å². The Labute approximate surface area is 105 Å². The van der Waals surface area contributed by atoms with Crippen LogP contribution in [0.25, 0.3) is 10.9 Å². The minimum absolute atomic E-state index is 0.191. The number of pyridine rings is 1. The molecule has 1 aromatic carbocycles. The zero-order valence-electron chi connectivity index (χ0n) is 9.53. The van der Waals surface area contributed by atoms with E-state index in [4.69, 9.17) is 11.6 Å². The van der Waals surface area contributed by atoms with Gasteiger partial charge in [0.1, 0.15) is 10.9 Å². The molecule has 0 bridgehead atoms. The van der Waals surface area contributed by atoms with Crippen molar-refractivity contribution < 1.29 is 4.79 Å². The summed E-state index contributed by atoms with van der Waals surface area (Å²) in [7, 11) is 0. The minimum atomic E-state index is -0.353. The summed E-state index contributed by atoms with van der Waals surface area (Å²) < 4.78 is 0. The van der Waals surface area contributed by atoms with E-state index in [0.717, 1.165) is 29.3 Å². The molecule has 1 fully saturated rings. The average molecular weight is 246 g/mol. The first-order valence-corrected chi connectivity index (χ1v) is 6.08. The van der Waals surface area contributed by atoms with Crippen molar-refractivity contribution in [1.82, 2.24) is 4.98 Å². The van der Waals surface area contributed by atoms with Crippen molar-refractivity contribution in [2.75, 3.05) is 0 Å². The molecule has 0 amide bonds. The van der Waals surface area contributed by atoms with Crippen molar-refractivity contribution in [2.45, 2.75) is 25.2 Å². The molecule has 1 aromatic heterocycles. The zero-order chi connectivity index (χ0) is 12.0. The Morgan fingerprint density at radius 3 is 2.71 bits per heavy atom. The number of hydrogen-bond acceptors (Lipinski definition) is 2. The molecule has 1 heterocycles. The Balaban J connectivity index is 2.24. The number of nitrogens with zero attached hydrogens (tertiary/aromatic N) is 1. The van der Waals surface area contributed by atoms with Crippen LogP contribution in [0.15, 0.2) is 30.3 Å². The summed E-state index contributed by atoms with van der Waals surface area (Å²) >= 11 is 6.21. The number of aromatic nitrogens is 1. The first kappa shape index (κ1) is 10.7. The quantitative estimate of drug-likeness (QED) is 0.758. The molecule has 3 rings (SSSR count). The molecule has 0 aliphatic heterocycles. The summed E-state index contributed by atoms with van der Waals surface area (Å²) in [4.78, 5) is 16.1. The number of para-hydroxylation sites is 1. The largest absolute Gasteiger partial charge is 0.299 e. The highest BCUT2D eigenvalue weighted by Crippen LogP contribution is 2.51. The normalized spacial score (nSPS) is 17.1. The first-order chi connectivity index (χ1) is 8.13. The number of Topliss-reactive ketones (excluding diaryl/α,β-unsaturated/α-hetero) is 1. The number of ketones is 1. The minimum Gasteiger partial charge on any atom is -0.299 e. The number of halogens is 1. The van der Waals surface area contributed by atoms with Crippen molar-refractivity contribution in [3.8, 4) is 0 Å². The van der Waals surface area contributed by atoms with Crippen molar-refractivity contribution >= 4 is 28.3 Å². The Morgan fingerprint density at radius 1 is 1.35 bits per heavy atom. The lowest BCUT2D eigenvalue weighted by Crippen LogP contribution is -2.17. The van der Waals surface area contributed by atoms with Gasteiger partial charge in [-0.1, -0.05) is 29.8 Å². The van der Waals surface area contributed by atoms with E-state index in [1.54, 1.807) is 6.92 Å². The van der Waals surface area contributed by atoms with E-state index >= 15 is 0 Å². The van der Waals surface area contributed by atoms with Crippen LogP contribution in [-0.2, 0) is 10.2 Å². The number of fused-ring (bicyclic) bond motifs is 1. The van der Waals surface area contributed by atoms with Crippen LogP contribution in [0.2, 0.25) is 5.15 Å². The lowest BCUT2D eigenvalue weighted by Gasteiger charge is -2.14. The van der Waals surface area contributed by atoms with E-state index in [1.807, 2.05) is 30.3 Å². The lowest BCUT2D eigenvalue weighted by atomic mass is 9.92. The molecule has 1 saturated carbocycles. The van der Waals surface area contributed by atoms with E-state index in [9.17, 15) is 4.79 Å². The van der Waals surface area contributed by atoms with Crippen molar-refractivity contribution in [3.63, 3.8) is 0 Å². The highest BCUT2D eigenvalue weighted by Gasteiger charge is 2.50. The van der Waals surface area contributed by atoms with Gasteiger partial charge in [-0.15, -0.1) is 0 Å². The molecule has 1 aliphatic carbocycles. The maximum atomic E-state index is 11.7. The van der Waals surface area contributed by atoms with Gasteiger partial charge in [0.05, 0.1) is 10.9 Å². The molecule has 0 spiro atoms. The van der Waals surface area contributed by atoms with E-state index in [1.165, 1.54) is 0 Å². The van der Waals surface area contributed by atoms with Gasteiger partial charge >= 0.3 is 0 Å². The van der Waals surface area contributed by atoms with Gasteiger partial charge in [0.2, 0.25) is 0 Å². The van der Waals surface area contributed by atoms with Gasteiger partial charge in [-0.05, 0) is 31.9 Å². The topological polar surface area (TPSA) is 30.0 Å². The van der Waals surface area contributed by atoms with Crippen LogP contribution in [0.1, 0.15) is 25.3 Å². The van der Waals surface area contributed by atoms with Crippen molar-refractivity contribution in [2.24, 2.45) is 0 Å². The smallest absolute Gasteiger partial charge is 0.140 e. The molecule has 2 aromatic rings. The standard InChI is InChI=1S/C14H12ClNO/c1-9(17)14(6-7-14)11-8-10-4-2-3-5-12(10)16-13(11)15/h2-5,8H,6-7H2,1H3. The molecule has 0 radical (unpaired) electrons. The van der Waals surface area contributed by atoms with Crippen molar-refractivity contribution in [3.05, 3.63) is 41.0 Å². The SMILES string of the molecule is CC(=O)C1(c2cc3ccccc3nc2Cl)CC1. The fourth-order valence-corrected chi connectivity index (χ4v) is 2.69. The highest BCUT2D eigenvalue weighted by molar-refractivity contribution is 6.31. The van der Waals surface area contributed by atoms with Crippen molar-refractivity contribution in [1.29, 1.82) is 0 Å². The Bertz CT molecular complexity index is 617. The van der Waals surface area contributed by atoms with Crippen LogP contribution in [0, 0.1) is 0 Å². The third kappa shape index (κ3) is 1.55. The van der Waals surface area contributed by atoms with Crippen LogP contribution < -0.4 is 0 Å². The molecule has 0 saturated heterocycles. The molecule has 0 N–H and O–H groups in total. The number of carbonyl (C=O) groups excluding carboxylic acids is 1. The predicted molar refractivity (Wildman–Crippen MR) is 68.3 cm³/mol. The monoisotopic (exact) mass is 245 g/mol. The average Bonchev–Trinajstić information content (AvgIpc) is 3.09. The highest BCUT2D eigenvalue weighted by atomic mass is 35.5. The Kier molecular flexibility index (Phi) is 2.23. The molecular weight excluding hydrogens is 234 g/mol. The second-order valence-electron chi connectivity index (χ2n) is 4.66. The van der Waals surface area contributed by atoms with E-state index in [0.29, 0.717) is 5.15 Å². The predicted octanol–water partition coefficient (Wildman–Crippen LogP) is 3.51. The summed E-state index contributed by atoms with van der Waals surface area (Å²) in [5.74, 6) is 0.191. The summed E-state index contributed by atoms with van der Waals surface area (Å²) in [6.45, 7) is 1.64. The second-order valence-corrected chi connectivity index (χ2v) is 5.02. The summed E-state index contributed by atoms with van der Waals surface area (Å²) in [6.07, 6.45) is 1.78. The molecule has 1 aliphatic rings. The Morgan fingerprint density at radius 2 is 2.06 bits per heavy atom. The number of hydrogen-bond donors (Lipinski definition) is 0. The van der Waals surface area contributed by atoms with Crippen LogP contribution in [0.4, 0.5) is 0 Å². The van der Waals surface area contributed by atoms with Gasteiger partial charge in [0.15, 0.2) is 0 Å². The molecule has 2 nitrogen and oxygen atoms in total. The van der Waals surface area contributed by atoms with Gasteiger partial charge in [-0.25, -0.2) is 4.98 Å². The van der Waals surface area contributed by atoms with Crippen LogP contribution >= 0.6 is 11.6 Å². The fraction of sp³-hybridized carbons (Fsp3) is 0.286. The molecule has 3 heteroatoms.